The number of aromatic nitrogens is 1. The summed E-state index contributed by atoms with van der Waals surface area (Å²) in [5.41, 5.74) is 0. The van der Waals surface area contributed by atoms with E-state index < -0.39 is 0 Å². The Balaban J connectivity index is 1.92. The minimum atomic E-state index is -0.387. The Bertz CT molecular complexity index is 429. The Morgan fingerprint density at radius 3 is 2.88 bits per heavy atom. The molecule has 0 aliphatic carbocycles. The molecule has 6 heteroatoms. The van der Waals surface area contributed by atoms with E-state index >= 15 is 0 Å². The summed E-state index contributed by atoms with van der Waals surface area (Å²) < 4.78 is 0. The second-order valence-electron chi connectivity index (χ2n) is 3.79. The number of hydrogen-bond acceptors (Lipinski definition) is 5. The quantitative estimate of drug-likeness (QED) is 0.771. The number of aryl methyl sites for hydroxylation is 1. The Hall–Kier alpha value is -1.27. The van der Waals surface area contributed by atoms with Gasteiger partial charge in [0.25, 0.3) is 0 Å². The highest BCUT2D eigenvalue weighted by molar-refractivity contribution is 7.11. The molecule has 2 amide bonds. The van der Waals surface area contributed by atoms with Crippen molar-refractivity contribution < 1.29 is 9.59 Å². The minimum absolute atomic E-state index is 0.127. The van der Waals surface area contributed by atoms with Crippen LogP contribution in [0.5, 0.6) is 0 Å². The molecule has 2 rings (SSSR count). The van der Waals surface area contributed by atoms with E-state index in [-0.39, 0.29) is 24.3 Å². The van der Waals surface area contributed by atoms with Crippen molar-refractivity contribution in [1.82, 2.24) is 15.2 Å². The van der Waals surface area contributed by atoms with Crippen molar-refractivity contribution in [2.75, 3.05) is 7.05 Å². The molecular weight excluding hydrogens is 226 g/mol. The van der Waals surface area contributed by atoms with Crippen LogP contribution >= 0.6 is 11.3 Å². The van der Waals surface area contributed by atoms with Crippen LogP contribution in [0.25, 0.3) is 0 Å². The number of amides is 2. The highest BCUT2D eigenvalue weighted by Gasteiger charge is 2.35. The summed E-state index contributed by atoms with van der Waals surface area (Å²) in [5, 5.41) is 4.00. The molecule has 86 valence electrons. The Labute approximate surface area is 97.5 Å². The van der Waals surface area contributed by atoms with Crippen LogP contribution in [0.2, 0.25) is 0 Å². The van der Waals surface area contributed by atoms with E-state index in [2.05, 4.69) is 10.3 Å². The lowest BCUT2D eigenvalue weighted by Crippen LogP contribution is -2.36. The molecule has 0 aromatic carbocycles. The first-order valence-corrected chi connectivity index (χ1v) is 5.84. The summed E-state index contributed by atoms with van der Waals surface area (Å²) in [5.74, 6) is -0.281. The minimum Gasteiger partial charge on any atom is -0.299 e. The summed E-state index contributed by atoms with van der Waals surface area (Å²) in [6, 6.07) is -0.387. The van der Waals surface area contributed by atoms with Crippen LogP contribution in [0, 0.1) is 6.92 Å². The van der Waals surface area contributed by atoms with Gasteiger partial charge >= 0.3 is 0 Å². The molecule has 1 fully saturated rings. The fourth-order valence-corrected chi connectivity index (χ4v) is 2.35. The van der Waals surface area contributed by atoms with Crippen LogP contribution in [-0.2, 0) is 16.1 Å². The van der Waals surface area contributed by atoms with E-state index in [1.807, 2.05) is 6.92 Å². The van der Waals surface area contributed by atoms with E-state index in [0.29, 0.717) is 6.54 Å². The predicted molar refractivity (Wildman–Crippen MR) is 59.9 cm³/mol. The lowest BCUT2D eigenvalue weighted by Gasteiger charge is -2.09. The monoisotopic (exact) mass is 239 g/mol. The second-order valence-corrected chi connectivity index (χ2v) is 5.11. The summed E-state index contributed by atoms with van der Waals surface area (Å²) in [4.78, 5) is 29.3. The molecule has 0 saturated carbocycles. The van der Waals surface area contributed by atoms with Crippen LogP contribution in [0.15, 0.2) is 6.20 Å². The van der Waals surface area contributed by atoms with E-state index in [4.69, 9.17) is 0 Å². The molecule has 1 aliphatic heterocycles. The molecule has 16 heavy (non-hydrogen) atoms. The van der Waals surface area contributed by atoms with Crippen molar-refractivity contribution in [2.24, 2.45) is 0 Å². The molecule has 5 nitrogen and oxygen atoms in total. The maximum absolute atomic E-state index is 11.6. The van der Waals surface area contributed by atoms with E-state index in [1.54, 1.807) is 17.5 Å². The van der Waals surface area contributed by atoms with E-state index in [0.717, 1.165) is 9.88 Å². The van der Waals surface area contributed by atoms with Crippen LogP contribution in [0.1, 0.15) is 16.3 Å². The SMILES string of the molecule is Cc1cnc(CNC2CC(=O)N(C)C2=O)s1. The topological polar surface area (TPSA) is 62.3 Å². The third kappa shape index (κ3) is 2.12. The first-order chi connectivity index (χ1) is 7.58. The van der Waals surface area contributed by atoms with Gasteiger partial charge in [0.15, 0.2) is 0 Å². The largest absolute Gasteiger partial charge is 0.299 e. The van der Waals surface area contributed by atoms with Crippen LogP contribution in [0.4, 0.5) is 0 Å². The predicted octanol–water partition coefficient (Wildman–Crippen LogP) is 0.298. The number of imide groups is 1. The van der Waals surface area contributed by atoms with E-state index in [9.17, 15) is 9.59 Å². The van der Waals surface area contributed by atoms with E-state index in [1.165, 1.54) is 11.9 Å². The van der Waals surface area contributed by atoms with Crippen LogP contribution in [-0.4, -0.2) is 34.8 Å². The lowest BCUT2D eigenvalue weighted by molar-refractivity contribution is -0.137. The molecule has 1 saturated heterocycles. The van der Waals surface area contributed by atoms with Crippen LogP contribution < -0.4 is 5.32 Å². The van der Waals surface area contributed by atoms with Gasteiger partial charge in [-0.3, -0.25) is 19.8 Å². The molecule has 0 radical (unpaired) electrons. The average Bonchev–Trinajstić information content (AvgIpc) is 2.76. The fourth-order valence-electron chi connectivity index (χ4n) is 1.61. The lowest BCUT2D eigenvalue weighted by atomic mass is 10.2. The van der Waals surface area contributed by atoms with Gasteiger partial charge in [0.2, 0.25) is 11.8 Å². The molecule has 1 aliphatic rings. The first-order valence-electron chi connectivity index (χ1n) is 5.03. The number of likely N-dealkylation sites (N-methyl/N-ethyl adjacent to an activating group) is 1. The standard InChI is InChI=1S/C10H13N3O2S/c1-6-4-12-8(16-6)5-11-7-3-9(14)13(2)10(7)15/h4,7,11H,3,5H2,1-2H3. The van der Waals surface area contributed by atoms with Crippen molar-refractivity contribution in [3.8, 4) is 0 Å². The summed E-state index contributed by atoms with van der Waals surface area (Å²) in [7, 11) is 1.51. The first kappa shape index (κ1) is 11.2. The molecule has 1 unspecified atom stereocenters. The van der Waals surface area contributed by atoms with Crippen molar-refractivity contribution in [1.29, 1.82) is 0 Å². The van der Waals surface area contributed by atoms with Gasteiger partial charge in [0.05, 0.1) is 12.5 Å². The number of hydrogen-bond donors (Lipinski definition) is 1. The molecule has 0 spiro atoms. The van der Waals surface area contributed by atoms with Crippen molar-refractivity contribution in [2.45, 2.75) is 25.9 Å². The zero-order valence-corrected chi connectivity index (χ0v) is 10.0. The average molecular weight is 239 g/mol. The Kier molecular flexibility index (Phi) is 3.02. The second kappa shape index (κ2) is 4.31. The molecular formula is C10H13N3O2S. The highest BCUT2D eigenvalue weighted by Crippen LogP contribution is 2.14. The van der Waals surface area contributed by atoms with Gasteiger partial charge in [-0.1, -0.05) is 0 Å². The zero-order valence-electron chi connectivity index (χ0n) is 9.19. The third-order valence-electron chi connectivity index (χ3n) is 2.55. The summed E-state index contributed by atoms with van der Waals surface area (Å²) >= 11 is 1.59. The fraction of sp³-hybridized carbons (Fsp3) is 0.500. The maximum Gasteiger partial charge on any atom is 0.246 e. The normalized spacial score (nSPS) is 20.9. The molecule has 2 heterocycles. The molecule has 1 aromatic rings. The van der Waals surface area contributed by atoms with Crippen molar-refractivity contribution >= 4 is 23.2 Å². The van der Waals surface area contributed by atoms with Crippen LogP contribution in [0.3, 0.4) is 0 Å². The number of rotatable bonds is 3. The number of thiazole rings is 1. The molecule has 1 N–H and O–H groups in total. The smallest absolute Gasteiger partial charge is 0.246 e. The molecule has 0 bridgehead atoms. The maximum atomic E-state index is 11.6. The Morgan fingerprint density at radius 2 is 2.38 bits per heavy atom. The number of carbonyl (C=O) groups excluding carboxylic acids is 2. The molecule has 1 atom stereocenters. The zero-order chi connectivity index (χ0) is 11.7. The van der Waals surface area contributed by atoms with Gasteiger partial charge in [0, 0.05) is 24.7 Å². The van der Waals surface area contributed by atoms with Gasteiger partial charge in [-0.15, -0.1) is 11.3 Å². The highest BCUT2D eigenvalue weighted by atomic mass is 32.1. The number of nitrogens with zero attached hydrogens (tertiary/aromatic N) is 2. The van der Waals surface area contributed by atoms with Crippen molar-refractivity contribution in [3.63, 3.8) is 0 Å². The van der Waals surface area contributed by atoms with Crippen molar-refractivity contribution in [3.05, 3.63) is 16.1 Å². The van der Waals surface area contributed by atoms with Gasteiger partial charge in [-0.2, -0.15) is 0 Å². The number of nitrogens with one attached hydrogen (secondary N) is 1. The Morgan fingerprint density at radius 1 is 1.62 bits per heavy atom. The summed E-state index contributed by atoms with van der Waals surface area (Å²) in [6.07, 6.45) is 2.05. The van der Waals surface area contributed by atoms with Gasteiger partial charge in [-0.05, 0) is 6.92 Å². The third-order valence-corrected chi connectivity index (χ3v) is 3.46. The number of likely N-dealkylation sites (tertiary alicyclic amines) is 1. The van der Waals surface area contributed by atoms with Gasteiger partial charge in [-0.25, -0.2) is 4.98 Å². The number of carbonyl (C=O) groups is 2. The molecule has 1 aromatic heterocycles. The summed E-state index contributed by atoms with van der Waals surface area (Å²) in [6.45, 7) is 2.52. The van der Waals surface area contributed by atoms with Gasteiger partial charge in [0.1, 0.15) is 5.01 Å². The van der Waals surface area contributed by atoms with Gasteiger partial charge < -0.3 is 0 Å².